The minimum atomic E-state index is -2.56. The number of hydrogen-bond acceptors (Lipinski definition) is 10. The molecule has 0 fully saturated rings. The van der Waals surface area contributed by atoms with Crippen LogP contribution in [0.2, 0.25) is 0 Å². The van der Waals surface area contributed by atoms with Crippen molar-refractivity contribution >= 4 is 23.4 Å². The summed E-state index contributed by atoms with van der Waals surface area (Å²) in [4.78, 5) is 43.8. The van der Waals surface area contributed by atoms with Gasteiger partial charge < -0.3 is 35.0 Å². The number of benzene rings is 4. The average Bonchev–Trinajstić information content (AvgIpc) is 3.59. The molecule has 10 nitrogen and oxygen atoms in total. The second-order valence-electron chi connectivity index (χ2n) is 14.5. The van der Waals surface area contributed by atoms with Gasteiger partial charge in [-0.1, -0.05) is 34.9 Å². The van der Waals surface area contributed by atoms with Gasteiger partial charge in [-0.15, -0.1) is 0 Å². The van der Waals surface area contributed by atoms with Crippen LogP contribution in [-0.4, -0.2) is 42.9 Å². The number of hydrogen-bond donors (Lipinski definition) is 5. The van der Waals surface area contributed by atoms with Crippen molar-refractivity contribution in [1.29, 1.82) is 0 Å². The summed E-state index contributed by atoms with van der Waals surface area (Å²) in [6, 6.07) is 11.8. The number of aromatic hydroxyl groups is 5. The Kier molecular flexibility index (Phi) is 10.2. The Morgan fingerprint density at radius 3 is 1.91 bits per heavy atom. The smallest absolute Gasteiger partial charge is 0.259 e. The molecule has 0 saturated carbocycles. The minimum absolute atomic E-state index is 0.0157. The summed E-state index contributed by atoms with van der Waals surface area (Å²) in [7, 11) is 0. The number of carbonyl (C=O) groups is 3. The molecule has 4 aromatic rings. The van der Waals surface area contributed by atoms with Gasteiger partial charge in [0.2, 0.25) is 17.3 Å². The fourth-order valence-electron chi connectivity index (χ4n) is 6.57. The molecule has 0 bridgehead atoms. The first-order chi connectivity index (χ1) is 26.0. The summed E-state index contributed by atoms with van der Waals surface area (Å²) in [6.45, 7) is 11.4. The predicted octanol–water partition coefficient (Wildman–Crippen LogP) is 8.71. The molecule has 10 heteroatoms. The van der Waals surface area contributed by atoms with Crippen LogP contribution in [0.4, 0.5) is 0 Å². The normalized spacial score (nSPS) is 16.2. The molecule has 0 aliphatic carbocycles. The van der Waals surface area contributed by atoms with E-state index in [2.05, 4.69) is 0 Å². The highest BCUT2D eigenvalue weighted by Crippen LogP contribution is 2.49. The number of rotatable bonds is 10. The lowest BCUT2D eigenvalue weighted by Gasteiger charge is -2.28. The lowest BCUT2D eigenvalue weighted by atomic mass is 9.78. The minimum Gasteiger partial charge on any atom is -0.508 e. The Morgan fingerprint density at radius 1 is 0.655 bits per heavy atom. The van der Waals surface area contributed by atoms with E-state index in [9.17, 15) is 35.1 Å². The zero-order valence-electron chi connectivity index (χ0n) is 31.4. The molecule has 0 saturated heterocycles. The molecular formula is C45H42O10. The fourth-order valence-corrected chi connectivity index (χ4v) is 6.57. The lowest BCUT2D eigenvalue weighted by molar-refractivity contribution is 0.0451. The van der Waals surface area contributed by atoms with E-state index in [-0.39, 0.29) is 81.6 Å². The Labute approximate surface area is 318 Å². The number of phenolic OH excluding ortho intramolecular Hbond substituents is 5. The third-order valence-electron chi connectivity index (χ3n) is 9.57. The van der Waals surface area contributed by atoms with Crippen molar-refractivity contribution in [2.24, 2.45) is 0 Å². The molecule has 2 aliphatic heterocycles. The lowest BCUT2D eigenvalue weighted by Crippen LogP contribution is -2.46. The van der Waals surface area contributed by atoms with Crippen molar-refractivity contribution in [3.05, 3.63) is 140 Å². The second-order valence-corrected chi connectivity index (χ2v) is 14.5. The molecule has 1 atom stereocenters. The highest BCUT2D eigenvalue weighted by molar-refractivity contribution is 6.26. The van der Waals surface area contributed by atoms with Crippen molar-refractivity contribution in [1.82, 2.24) is 0 Å². The number of ketones is 3. The molecule has 2 heterocycles. The first kappa shape index (κ1) is 38.2. The van der Waals surface area contributed by atoms with Crippen LogP contribution in [0.25, 0.3) is 6.08 Å². The van der Waals surface area contributed by atoms with Gasteiger partial charge >= 0.3 is 0 Å². The SMILES string of the molecule is CC(C)=CCc1cc(C(=O)[C@]2(c3cc(O)c(O)cc3C=C3Oc4c(ccc(O)c4CC=C(C)C)C3=O)Oc3cc(O)c(CC=C(C)C)cc3C2=O)ccc1O. The highest BCUT2D eigenvalue weighted by atomic mass is 16.5. The quantitative estimate of drug-likeness (QED) is 0.0348. The number of ether oxygens (including phenoxy) is 2. The maximum atomic E-state index is 15.1. The van der Waals surface area contributed by atoms with Crippen LogP contribution >= 0.6 is 0 Å². The van der Waals surface area contributed by atoms with E-state index in [0.717, 1.165) is 28.9 Å². The molecule has 0 spiro atoms. The molecule has 5 N–H and O–H groups in total. The van der Waals surface area contributed by atoms with Crippen LogP contribution in [0.1, 0.15) is 100 Å². The van der Waals surface area contributed by atoms with E-state index in [1.807, 2.05) is 59.8 Å². The van der Waals surface area contributed by atoms with E-state index in [4.69, 9.17) is 9.47 Å². The fraction of sp³-hybridized carbons (Fsp3) is 0.222. The summed E-state index contributed by atoms with van der Waals surface area (Å²) in [5.74, 6) is -4.12. The van der Waals surface area contributed by atoms with Crippen molar-refractivity contribution in [2.75, 3.05) is 0 Å². The van der Waals surface area contributed by atoms with E-state index in [1.54, 1.807) is 0 Å². The Morgan fingerprint density at radius 2 is 1.25 bits per heavy atom. The molecule has 4 aromatic carbocycles. The van der Waals surface area contributed by atoms with Crippen molar-refractivity contribution < 1.29 is 49.4 Å². The molecular weight excluding hydrogens is 700 g/mol. The van der Waals surface area contributed by atoms with Gasteiger partial charge in [0.25, 0.3) is 5.60 Å². The van der Waals surface area contributed by atoms with Gasteiger partial charge in [0.15, 0.2) is 17.3 Å². The first-order valence-electron chi connectivity index (χ1n) is 17.7. The monoisotopic (exact) mass is 742 g/mol. The number of carbonyl (C=O) groups excluding carboxylic acids is 3. The number of allylic oxidation sites excluding steroid dienone is 7. The van der Waals surface area contributed by atoms with Gasteiger partial charge in [0.05, 0.1) is 11.1 Å². The van der Waals surface area contributed by atoms with Crippen molar-refractivity contribution in [3.63, 3.8) is 0 Å². The van der Waals surface area contributed by atoms with Crippen LogP contribution < -0.4 is 9.47 Å². The topological polar surface area (TPSA) is 171 Å². The molecule has 2 aliphatic rings. The summed E-state index contributed by atoms with van der Waals surface area (Å²) in [5.41, 5.74) is 1.38. The number of phenols is 5. The van der Waals surface area contributed by atoms with Gasteiger partial charge in [0, 0.05) is 22.8 Å². The van der Waals surface area contributed by atoms with Crippen molar-refractivity contribution in [2.45, 2.75) is 66.4 Å². The van der Waals surface area contributed by atoms with E-state index < -0.39 is 34.4 Å². The van der Waals surface area contributed by atoms with E-state index in [0.29, 0.717) is 16.7 Å². The summed E-state index contributed by atoms with van der Waals surface area (Å²) >= 11 is 0. The van der Waals surface area contributed by atoms with Crippen LogP contribution in [0, 0.1) is 0 Å². The molecule has 55 heavy (non-hydrogen) atoms. The Bertz CT molecular complexity index is 2410. The largest absolute Gasteiger partial charge is 0.508 e. The maximum Gasteiger partial charge on any atom is 0.259 e. The second kappa shape index (κ2) is 14.7. The summed E-state index contributed by atoms with van der Waals surface area (Å²) in [5, 5.41) is 54.1. The van der Waals surface area contributed by atoms with E-state index >= 15 is 4.79 Å². The third-order valence-corrected chi connectivity index (χ3v) is 9.57. The Hall–Kier alpha value is -6.55. The average molecular weight is 743 g/mol. The summed E-state index contributed by atoms with van der Waals surface area (Å²) in [6.07, 6.45) is 7.68. The van der Waals surface area contributed by atoms with Gasteiger partial charge in [-0.2, -0.15) is 0 Å². The van der Waals surface area contributed by atoms with Crippen LogP contribution in [0.5, 0.6) is 40.2 Å². The van der Waals surface area contributed by atoms with Crippen LogP contribution in [-0.2, 0) is 24.9 Å². The molecule has 6 rings (SSSR count). The van der Waals surface area contributed by atoms with Crippen molar-refractivity contribution in [3.8, 4) is 40.2 Å². The zero-order valence-corrected chi connectivity index (χ0v) is 31.4. The van der Waals surface area contributed by atoms with Gasteiger partial charge in [0.1, 0.15) is 28.7 Å². The predicted molar refractivity (Wildman–Crippen MR) is 207 cm³/mol. The molecule has 282 valence electrons. The first-order valence-corrected chi connectivity index (χ1v) is 17.7. The third kappa shape index (κ3) is 7.11. The summed E-state index contributed by atoms with van der Waals surface area (Å²) < 4.78 is 12.5. The highest BCUT2D eigenvalue weighted by Gasteiger charge is 2.57. The molecule has 0 amide bonds. The van der Waals surface area contributed by atoms with Crippen LogP contribution in [0.3, 0.4) is 0 Å². The van der Waals surface area contributed by atoms with Gasteiger partial charge in [-0.25, -0.2) is 0 Å². The maximum absolute atomic E-state index is 15.1. The standard InChI is InChI=1S/C45H42O10/c1-23(2)7-10-26-17-28(12-15-34(26)46)43(52)45(44(53)32-18-27(11-8-24(3)4)36(48)22-39(32)55-45)33-21-38(50)37(49)19-29(33)20-40-41(51)31-14-16-35(47)30(42(31)54-40)13-9-25(5)6/h7-9,12,14-22,46-50H,10-11,13H2,1-6H3/t45-/m0/s1. The van der Waals surface area contributed by atoms with Crippen LogP contribution in [0.15, 0.2) is 95.3 Å². The molecule has 0 unspecified atom stereocenters. The van der Waals surface area contributed by atoms with E-state index in [1.165, 1.54) is 48.5 Å². The number of fused-ring (bicyclic) bond motifs is 2. The zero-order chi connectivity index (χ0) is 39.9. The van der Waals surface area contributed by atoms with Gasteiger partial charge in [-0.3, -0.25) is 14.4 Å². The van der Waals surface area contributed by atoms with Gasteiger partial charge in [-0.05, 0) is 132 Å². The Balaban J connectivity index is 1.57. The number of Topliss-reactive ketones (excluding diaryl/α,β-unsaturated/α-hetero) is 3. The molecule has 0 aromatic heterocycles. The molecule has 0 radical (unpaired) electrons.